The first-order chi connectivity index (χ1) is 10.8. The van der Waals surface area contributed by atoms with Gasteiger partial charge >= 0.3 is 0 Å². The van der Waals surface area contributed by atoms with Crippen molar-refractivity contribution in [3.8, 4) is 0 Å². The van der Waals surface area contributed by atoms with Gasteiger partial charge in [-0.15, -0.1) is 0 Å². The molecule has 1 aliphatic heterocycles. The van der Waals surface area contributed by atoms with E-state index < -0.39 is 24.9 Å². The molecule has 0 aromatic heterocycles. The molecule has 0 spiro atoms. The highest BCUT2D eigenvalue weighted by Gasteiger charge is 2.30. The number of imide groups is 1. The van der Waals surface area contributed by atoms with Crippen LogP contribution in [0.25, 0.3) is 0 Å². The third kappa shape index (κ3) is 4.49. The van der Waals surface area contributed by atoms with Crippen molar-refractivity contribution in [2.24, 2.45) is 5.73 Å². The molecular formula is C14H15F2N3O3S. The van der Waals surface area contributed by atoms with Crippen molar-refractivity contribution in [1.29, 1.82) is 0 Å². The van der Waals surface area contributed by atoms with Crippen LogP contribution in [0.15, 0.2) is 24.3 Å². The van der Waals surface area contributed by atoms with Crippen molar-refractivity contribution < 1.29 is 23.2 Å². The molecule has 1 fully saturated rings. The molecule has 1 aromatic rings. The normalized spacial score (nSPS) is 15.2. The Hall–Kier alpha value is -2.00. The van der Waals surface area contributed by atoms with Gasteiger partial charge in [-0.2, -0.15) is 0 Å². The van der Waals surface area contributed by atoms with Gasteiger partial charge < -0.3 is 11.1 Å². The topological polar surface area (TPSA) is 92.5 Å². The van der Waals surface area contributed by atoms with Gasteiger partial charge in [0.1, 0.15) is 0 Å². The average Bonchev–Trinajstić information content (AvgIpc) is 2.85. The minimum Gasteiger partial charge on any atom is -0.346 e. The van der Waals surface area contributed by atoms with Crippen molar-refractivity contribution in [1.82, 2.24) is 10.2 Å². The quantitative estimate of drug-likeness (QED) is 0.810. The third-order valence-electron chi connectivity index (χ3n) is 3.18. The summed E-state index contributed by atoms with van der Waals surface area (Å²) in [6.45, 7) is -1.67. The fourth-order valence-electron chi connectivity index (χ4n) is 1.91. The van der Waals surface area contributed by atoms with Gasteiger partial charge in [0, 0.05) is 5.56 Å². The van der Waals surface area contributed by atoms with Crippen LogP contribution in [0.5, 0.6) is 0 Å². The summed E-state index contributed by atoms with van der Waals surface area (Å²) >= 11 is 0.920. The van der Waals surface area contributed by atoms with E-state index in [4.69, 9.17) is 5.73 Å². The molecule has 0 unspecified atom stereocenters. The number of carbonyl (C=O) groups excluding carboxylic acids is 3. The van der Waals surface area contributed by atoms with Crippen molar-refractivity contribution in [3.63, 3.8) is 0 Å². The van der Waals surface area contributed by atoms with E-state index in [-0.39, 0.29) is 29.0 Å². The maximum atomic E-state index is 13.0. The Kier molecular flexibility index (Phi) is 5.32. The van der Waals surface area contributed by atoms with Gasteiger partial charge in [-0.3, -0.25) is 19.3 Å². The Balaban J connectivity index is 2.03. The molecule has 3 amide bonds. The highest BCUT2D eigenvalue weighted by molar-refractivity contribution is 8.14. The third-order valence-corrected chi connectivity index (χ3v) is 4.04. The molecule has 23 heavy (non-hydrogen) atoms. The number of hydrogen-bond donors (Lipinski definition) is 2. The molecule has 1 aromatic carbocycles. The zero-order valence-electron chi connectivity index (χ0n) is 12.1. The van der Waals surface area contributed by atoms with Crippen molar-refractivity contribution in [2.75, 3.05) is 18.8 Å². The summed E-state index contributed by atoms with van der Waals surface area (Å²) in [7, 11) is 0. The Morgan fingerprint density at radius 2 is 2.13 bits per heavy atom. The number of amides is 3. The van der Waals surface area contributed by atoms with Gasteiger partial charge in [-0.25, -0.2) is 8.78 Å². The number of carbonyl (C=O) groups is 3. The first kappa shape index (κ1) is 17.4. The molecule has 0 atom stereocenters. The highest BCUT2D eigenvalue weighted by atomic mass is 32.2. The molecule has 1 aliphatic rings. The zero-order chi connectivity index (χ0) is 17.0. The number of hydrogen-bond acceptors (Lipinski definition) is 5. The fraction of sp³-hybridized carbons (Fsp3) is 0.357. The molecule has 2 rings (SSSR count). The second-order valence-electron chi connectivity index (χ2n) is 4.98. The minimum atomic E-state index is -3.17. The summed E-state index contributed by atoms with van der Waals surface area (Å²) in [5.41, 5.74) is 5.63. The maximum absolute atomic E-state index is 13.0. The number of nitrogens with one attached hydrogen (secondary N) is 1. The Bertz CT molecular complexity index is 623. The molecule has 3 N–H and O–H groups in total. The van der Waals surface area contributed by atoms with Gasteiger partial charge in [0.15, 0.2) is 0 Å². The van der Waals surface area contributed by atoms with E-state index in [2.05, 4.69) is 5.32 Å². The second-order valence-corrected chi connectivity index (χ2v) is 5.90. The predicted molar refractivity (Wildman–Crippen MR) is 81.2 cm³/mol. The molecule has 0 aliphatic carbocycles. The van der Waals surface area contributed by atoms with E-state index in [9.17, 15) is 23.2 Å². The lowest BCUT2D eigenvalue weighted by atomic mass is 10.1. The van der Waals surface area contributed by atoms with E-state index in [1.54, 1.807) is 12.1 Å². The number of nitrogens with two attached hydrogens (primary N) is 1. The lowest BCUT2D eigenvalue weighted by Gasteiger charge is -2.15. The Morgan fingerprint density at radius 3 is 2.74 bits per heavy atom. The van der Waals surface area contributed by atoms with Gasteiger partial charge in [0.05, 0.1) is 25.4 Å². The molecular weight excluding hydrogens is 328 g/mol. The smallest absolute Gasteiger partial charge is 0.289 e. The number of benzene rings is 1. The van der Waals surface area contributed by atoms with E-state index in [1.165, 1.54) is 12.1 Å². The van der Waals surface area contributed by atoms with Crippen LogP contribution in [0.3, 0.4) is 0 Å². The van der Waals surface area contributed by atoms with E-state index >= 15 is 0 Å². The van der Waals surface area contributed by atoms with Crippen molar-refractivity contribution in [3.05, 3.63) is 35.4 Å². The van der Waals surface area contributed by atoms with Crippen LogP contribution in [-0.4, -0.2) is 46.7 Å². The van der Waals surface area contributed by atoms with Crippen LogP contribution in [-0.2, 0) is 11.3 Å². The van der Waals surface area contributed by atoms with Crippen LogP contribution < -0.4 is 11.1 Å². The summed E-state index contributed by atoms with van der Waals surface area (Å²) in [4.78, 5) is 36.1. The van der Waals surface area contributed by atoms with Gasteiger partial charge in [0.25, 0.3) is 17.1 Å². The Labute approximate surface area is 135 Å². The van der Waals surface area contributed by atoms with Crippen LogP contribution in [0.1, 0.15) is 15.9 Å². The first-order valence-electron chi connectivity index (χ1n) is 6.74. The summed E-state index contributed by atoms with van der Waals surface area (Å²) in [5, 5.41) is 1.77. The molecule has 1 saturated heterocycles. The highest BCUT2D eigenvalue weighted by Crippen LogP contribution is 2.21. The summed E-state index contributed by atoms with van der Waals surface area (Å²) in [5.74, 6) is -4.03. The number of alkyl halides is 2. The first-order valence-corrected chi connectivity index (χ1v) is 7.73. The average molecular weight is 343 g/mol. The Morgan fingerprint density at radius 1 is 1.39 bits per heavy atom. The molecule has 0 radical (unpaired) electrons. The van der Waals surface area contributed by atoms with Gasteiger partial charge in [-0.05, 0) is 17.7 Å². The standard InChI is InChI=1S/C14H15F2N3O3S/c15-14(16,7-17)8-18-12(21)10-3-1-2-9(4-10)5-19-11(20)6-23-13(19)22/h1-4H,5-8,17H2,(H,18,21). The molecule has 1 heterocycles. The largest absolute Gasteiger partial charge is 0.346 e. The molecule has 6 nitrogen and oxygen atoms in total. The number of thioether (sulfide) groups is 1. The predicted octanol–water partition coefficient (Wildman–Crippen LogP) is 1.21. The number of nitrogens with zero attached hydrogens (tertiary/aromatic N) is 1. The van der Waals surface area contributed by atoms with Gasteiger partial charge in [0.2, 0.25) is 5.91 Å². The lowest BCUT2D eigenvalue weighted by molar-refractivity contribution is -0.125. The van der Waals surface area contributed by atoms with E-state index in [1.807, 2.05) is 0 Å². The van der Waals surface area contributed by atoms with Gasteiger partial charge in [-0.1, -0.05) is 23.9 Å². The summed E-state index contributed by atoms with van der Waals surface area (Å²) in [6.07, 6.45) is 0. The lowest BCUT2D eigenvalue weighted by Crippen LogP contribution is -2.41. The SMILES string of the molecule is NCC(F)(F)CNC(=O)c1cccc(CN2C(=O)CSC2=O)c1. The summed E-state index contributed by atoms with van der Waals surface area (Å²) < 4.78 is 26.1. The van der Waals surface area contributed by atoms with Crippen LogP contribution in [0, 0.1) is 0 Å². The number of rotatable bonds is 6. The molecule has 0 bridgehead atoms. The van der Waals surface area contributed by atoms with Crippen LogP contribution in [0.4, 0.5) is 13.6 Å². The zero-order valence-corrected chi connectivity index (χ0v) is 12.9. The van der Waals surface area contributed by atoms with E-state index in [0.717, 1.165) is 16.7 Å². The molecule has 0 saturated carbocycles. The van der Waals surface area contributed by atoms with Crippen molar-refractivity contribution in [2.45, 2.75) is 12.5 Å². The summed E-state index contributed by atoms with van der Waals surface area (Å²) in [6, 6.07) is 6.12. The number of halogens is 2. The van der Waals surface area contributed by atoms with E-state index in [0.29, 0.717) is 5.56 Å². The van der Waals surface area contributed by atoms with Crippen LogP contribution >= 0.6 is 11.8 Å². The molecule has 9 heteroatoms. The van der Waals surface area contributed by atoms with Crippen molar-refractivity contribution >= 4 is 28.8 Å². The second kappa shape index (κ2) is 7.05. The maximum Gasteiger partial charge on any atom is 0.289 e. The van der Waals surface area contributed by atoms with Crippen LogP contribution in [0.2, 0.25) is 0 Å². The minimum absolute atomic E-state index is 0.0464. The monoisotopic (exact) mass is 343 g/mol. The fourth-order valence-corrected chi connectivity index (χ4v) is 2.64. The molecule has 124 valence electrons.